The van der Waals surface area contributed by atoms with Crippen LogP contribution < -0.4 is 14.2 Å². The van der Waals surface area contributed by atoms with E-state index in [9.17, 15) is 18.0 Å². The number of para-hydroxylation sites is 1. The van der Waals surface area contributed by atoms with Crippen LogP contribution in [0.5, 0.6) is 17.2 Å². The van der Waals surface area contributed by atoms with Gasteiger partial charge in [0.2, 0.25) is 0 Å². The maximum absolute atomic E-state index is 12.7. The Bertz CT molecular complexity index is 792. The average Bonchev–Trinajstić information content (AvgIpc) is 2.58. The molecule has 2 aromatic rings. The van der Waals surface area contributed by atoms with E-state index in [1.807, 2.05) is 6.92 Å². The average molecular weight is 447 g/mol. The first-order chi connectivity index (χ1) is 12.7. The minimum absolute atomic E-state index is 0.0279. The first-order valence-electron chi connectivity index (χ1n) is 8.21. The third-order valence-corrected chi connectivity index (χ3v) is 4.16. The van der Waals surface area contributed by atoms with E-state index in [0.717, 1.165) is 12.8 Å². The van der Waals surface area contributed by atoms with Crippen molar-refractivity contribution < 1.29 is 32.2 Å². The molecule has 4 nitrogen and oxygen atoms in total. The van der Waals surface area contributed by atoms with Gasteiger partial charge in [0.1, 0.15) is 22.8 Å². The molecular weight excluding hydrogens is 429 g/mol. The highest BCUT2D eigenvalue weighted by Crippen LogP contribution is 2.40. The molecule has 0 bridgehead atoms. The SMILES string of the molecule is CCCCOc1cc(Br)c(OC(F)(F)F)c(C)c1C(=O)Oc1ccccc1. The Kier molecular flexibility index (Phi) is 7.12. The quantitative estimate of drug-likeness (QED) is 0.294. The number of carbonyl (C=O) groups is 1. The lowest BCUT2D eigenvalue weighted by Crippen LogP contribution is -2.20. The minimum atomic E-state index is -4.90. The summed E-state index contributed by atoms with van der Waals surface area (Å²) in [6, 6.07) is 9.51. The van der Waals surface area contributed by atoms with E-state index in [1.54, 1.807) is 30.3 Å². The maximum Gasteiger partial charge on any atom is 0.573 e. The van der Waals surface area contributed by atoms with Crippen molar-refractivity contribution in [2.75, 3.05) is 6.61 Å². The van der Waals surface area contributed by atoms with Crippen LogP contribution in [0.3, 0.4) is 0 Å². The van der Waals surface area contributed by atoms with Crippen LogP contribution in [-0.2, 0) is 0 Å². The number of ether oxygens (including phenoxy) is 3. The predicted molar refractivity (Wildman–Crippen MR) is 97.4 cm³/mol. The van der Waals surface area contributed by atoms with Gasteiger partial charge in [-0.15, -0.1) is 13.2 Å². The van der Waals surface area contributed by atoms with Crippen molar-refractivity contribution in [2.45, 2.75) is 33.1 Å². The van der Waals surface area contributed by atoms with Crippen LogP contribution in [0.1, 0.15) is 35.7 Å². The number of halogens is 4. The van der Waals surface area contributed by atoms with Gasteiger partial charge in [0.15, 0.2) is 0 Å². The summed E-state index contributed by atoms with van der Waals surface area (Å²) in [7, 11) is 0. The molecule has 0 heterocycles. The van der Waals surface area contributed by atoms with E-state index >= 15 is 0 Å². The monoisotopic (exact) mass is 446 g/mol. The molecule has 0 saturated carbocycles. The van der Waals surface area contributed by atoms with Crippen molar-refractivity contribution in [1.29, 1.82) is 0 Å². The Morgan fingerprint density at radius 3 is 2.44 bits per heavy atom. The number of benzene rings is 2. The molecule has 2 rings (SSSR count). The lowest BCUT2D eigenvalue weighted by molar-refractivity contribution is -0.275. The Labute approximate surface area is 163 Å². The number of carbonyl (C=O) groups excluding carboxylic acids is 1. The zero-order valence-corrected chi connectivity index (χ0v) is 16.3. The van der Waals surface area contributed by atoms with E-state index in [4.69, 9.17) is 9.47 Å². The van der Waals surface area contributed by atoms with Gasteiger partial charge in [0.05, 0.1) is 11.1 Å². The van der Waals surface area contributed by atoms with E-state index in [-0.39, 0.29) is 27.1 Å². The second-order valence-corrected chi connectivity index (χ2v) is 6.49. The van der Waals surface area contributed by atoms with Crippen molar-refractivity contribution >= 4 is 21.9 Å². The number of esters is 1. The number of hydrogen-bond donors (Lipinski definition) is 0. The maximum atomic E-state index is 12.7. The van der Waals surface area contributed by atoms with E-state index in [2.05, 4.69) is 20.7 Å². The third kappa shape index (κ3) is 5.89. The highest BCUT2D eigenvalue weighted by Gasteiger charge is 2.35. The smallest absolute Gasteiger partial charge is 0.493 e. The molecular formula is C19H18BrF3O4. The first-order valence-corrected chi connectivity index (χ1v) is 9.01. The molecule has 146 valence electrons. The molecule has 0 unspecified atom stereocenters. The largest absolute Gasteiger partial charge is 0.573 e. The number of alkyl halides is 3. The van der Waals surface area contributed by atoms with Gasteiger partial charge in [0, 0.05) is 5.56 Å². The number of hydrogen-bond acceptors (Lipinski definition) is 4. The molecule has 27 heavy (non-hydrogen) atoms. The first kappa shape index (κ1) is 21.1. The van der Waals surface area contributed by atoms with Gasteiger partial charge in [-0.25, -0.2) is 4.79 Å². The normalized spacial score (nSPS) is 11.2. The molecule has 0 atom stereocenters. The van der Waals surface area contributed by atoms with Gasteiger partial charge in [-0.1, -0.05) is 31.5 Å². The zero-order chi connectivity index (χ0) is 20.0. The molecule has 0 saturated heterocycles. The van der Waals surface area contributed by atoms with Gasteiger partial charge in [0.25, 0.3) is 0 Å². The molecule has 0 amide bonds. The van der Waals surface area contributed by atoms with Crippen molar-refractivity contribution in [2.24, 2.45) is 0 Å². The van der Waals surface area contributed by atoms with Crippen LogP contribution >= 0.6 is 15.9 Å². The Morgan fingerprint density at radius 2 is 1.85 bits per heavy atom. The molecule has 8 heteroatoms. The summed E-state index contributed by atoms with van der Waals surface area (Å²) in [5, 5.41) is 0. The zero-order valence-electron chi connectivity index (χ0n) is 14.7. The van der Waals surface area contributed by atoms with Gasteiger partial charge in [-0.05, 0) is 47.5 Å². The van der Waals surface area contributed by atoms with Crippen molar-refractivity contribution in [3.63, 3.8) is 0 Å². The Balaban J connectivity index is 2.45. The predicted octanol–water partition coefficient (Wildman–Crippen LogP) is 6.05. The summed E-state index contributed by atoms with van der Waals surface area (Å²) in [6.07, 6.45) is -3.32. The third-order valence-electron chi connectivity index (χ3n) is 3.57. The Morgan fingerprint density at radius 1 is 1.19 bits per heavy atom. The van der Waals surface area contributed by atoms with Gasteiger partial charge in [-0.2, -0.15) is 0 Å². The topological polar surface area (TPSA) is 44.8 Å². The second kappa shape index (κ2) is 9.12. The molecule has 0 N–H and O–H groups in total. The fraction of sp³-hybridized carbons (Fsp3) is 0.316. The summed E-state index contributed by atoms with van der Waals surface area (Å²) in [5.41, 5.74) is -0.147. The molecule has 0 spiro atoms. The number of rotatable bonds is 7. The standard InChI is InChI=1S/C19H18BrF3O4/c1-3-4-10-25-15-11-14(20)17(27-19(21,22)23)12(2)16(15)18(24)26-13-8-6-5-7-9-13/h5-9,11H,3-4,10H2,1-2H3. The van der Waals surface area contributed by atoms with Gasteiger partial charge < -0.3 is 14.2 Å². The minimum Gasteiger partial charge on any atom is -0.493 e. The lowest BCUT2D eigenvalue weighted by atomic mass is 10.1. The van der Waals surface area contributed by atoms with Crippen LogP contribution in [0, 0.1) is 6.92 Å². The highest BCUT2D eigenvalue weighted by atomic mass is 79.9. The van der Waals surface area contributed by atoms with Crippen molar-refractivity contribution in [1.82, 2.24) is 0 Å². The summed E-state index contributed by atoms with van der Waals surface area (Å²) in [6.45, 7) is 3.63. The molecule has 0 radical (unpaired) electrons. The summed E-state index contributed by atoms with van der Waals surface area (Å²) in [4.78, 5) is 12.7. The van der Waals surface area contributed by atoms with Crippen LogP contribution in [0.2, 0.25) is 0 Å². The van der Waals surface area contributed by atoms with Crippen molar-refractivity contribution in [3.8, 4) is 17.2 Å². The molecule has 0 aliphatic carbocycles. The van der Waals surface area contributed by atoms with E-state index in [0.29, 0.717) is 6.61 Å². The van der Waals surface area contributed by atoms with E-state index < -0.39 is 18.1 Å². The molecule has 0 aliphatic heterocycles. The van der Waals surface area contributed by atoms with Crippen LogP contribution in [0.15, 0.2) is 40.9 Å². The van der Waals surface area contributed by atoms with Gasteiger partial charge >= 0.3 is 12.3 Å². The van der Waals surface area contributed by atoms with Crippen molar-refractivity contribution in [3.05, 3.63) is 52.0 Å². The lowest BCUT2D eigenvalue weighted by Gasteiger charge is -2.19. The highest BCUT2D eigenvalue weighted by molar-refractivity contribution is 9.10. The van der Waals surface area contributed by atoms with Crippen LogP contribution in [0.4, 0.5) is 13.2 Å². The molecule has 0 fully saturated rings. The molecule has 2 aromatic carbocycles. The fourth-order valence-electron chi connectivity index (χ4n) is 2.31. The number of unbranched alkanes of at least 4 members (excludes halogenated alkanes) is 1. The van der Waals surface area contributed by atoms with Crippen LogP contribution in [-0.4, -0.2) is 18.9 Å². The van der Waals surface area contributed by atoms with Gasteiger partial charge in [-0.3, -0.25) is 0 Å². The summed E-state index contributed by atoms with van der Waals surface area (Å²) < 4.78 is 53.2. The summed E-state index contributed by atoms with van der Waals surface area (Å²) >= 11 is 3.05. The van der Waals surface area contributed by atoms with Crippen LogP contribution in [0.25, 0.3) is 0 Å². The molecule has 0 aliphatic rings. The summed E-state index contributed by atoms with van der Waals surface area (Å²) in [5.74, 6) is -0.944. The van der Waals surface area contributed by atoms with E-state index in [1.165, 1.54) is 13.0 Å². The fourth-order valence-corrected chi connectivity index (χ4v) is 2.90. The Hall–Kier alpha value is -2.22. The second-order valence-electron chi connectivity index (χ2n) is 5.64. The molecule has 0 aromatic heterocycles.